The first-order valence-corrected chi connectivity index (χ1v) is 7.02. The molecular weight excluding hydrogens is 302 g/mol. The van der Waals surface area contributed by atoms with Gasteiger partial charge < -0.3 is 0 Å². The summed E-state index contributed by atoms with van der Waals surface area (Å²) in [5, 5.41) is 11.4. The lowest BCUT2D eigenvalue weighted by Gasteiger charge is -2.31. The molecule has 0 aliphatic carbocycles. The van der Waals surface area contributed by atoms with E-state index in [-0.39, 0.29) is 5.54 Å². The maximum atomic E-state index is 10.1. The number of anilines is 1. The van der Waals surface area contributed by atoms with Gasteiger partial charge in [0.25, 0.3) is 0 Å². The molecule has 0 radical (unpaired) electrons. The number of hydrogen-bond acceptors (Lipinski definition) is 2. The van der Waals surface area contributed by atoms with Crippen molar-refractivity contribution < 1.29 is 5.21 Å². The molecule has 2 nitrogen and oxygen atoms in total. The zero-order valence-electron chi connectivity index (χ0n) is 11.4. The summed E-state index contributed by atoms with van der Waals surface area (Å²) in [6, 6.07) is 16.1. The Labute approximate surface area is 122 Å². The normalized spacial score (nSPS) is 11.4. The molecule has 0 aliphatic heterocycles. The maximum absolute atomic E-state index is 10.1. The third kappa shape index (κ3) is 3.37. The lowest BCUT2D eigenvalue weighted by Crippen LogP contribution is -2.38. The molecule has 0 aromatic heterocycles. The first-order chi connectivity index (χ1) is 8.88. The first kappa shape index (κ1) is 14.1. The monoisotopic (exact) mass is 319 g/mol. The molecule has 0 aliphatic rings. The molecule has 1 N–H and O–H groups in total. The van der Waals surface area contributed by atoms with Crippen LogP contribution in [0.1, 0.15) is 20.8 Å². The van der Waals surface area contributed by atoms with E-state index in [4.69, 9.17) is 0 Å². The van der Waals surface area contributed by atoms with E-state index < -0.39 is 0 Å². The molecule has 3 heteroatoms. The minimum absolute atomic E-state index is 0.306. The van der Waals surface area contributed by atoms with Gasteiger partial charge in [-0.25, -0.2) is 0 Å². The van der Waals surface area contributed by atoms with Crippen LogP contribution >= 0.6 is 15.9 Å². The highest BCUT2D eigenvalue weighted by Gasteiger charge is 2.19. The van der Waals surface area contributed by atoms with Crippen molar-refractivity contribution in [2.24, 2.45) is 0 Å². The molecule has 0 spiro atoms. The van der Waals surface area contributed by atoms with E-state index in [1.807, 2.05) is 57.2 Å². The minimum Gasteiger partial charge on any atom is -0.288 e. The van der Waals surface area contributed by atoms with Crippen molar-refractivity contribution >= 4 is 21.6 Å². The highest BCUT2D eigenvalue weighted by atomic mass is 79.9. The Morgan fingerprint density at radius 2 is 1.26 bits per heavy atom. The van der Waals surface area contributed by atoms with E-state index in [0.717, 1.165) is 21.3 Å². The summed E-state index contributed by atoms with van der Waals surface area (Å²) >= 11 is 3.43. The SMILES string of the molecule is CC(C)(C)N(O)c1ccc(-c2ccc(Br)cc2)cc1. The predicted molar refractivity (Wildman–Crippen MR) is 83.6 cm³/mol. The Kier molecular flexibility index (Phi) is 3.97. The molecule has 0 atom stereocenters. The second-order valence-corrected chi connectivity index (χ2v) is 6.45. The van der Waals surface area contributed by atoms with Crippen LogP contribution in [0.25, 0.3) is 11.1 Å². The van der Waals surface area contributed by atoms with Crippen molar-refractivity contribution in [3.8, 4) is 11.1 Å². The summed E-state index contributed by atoms with van der Waals surface area (Å²) in [5.74, 6) is 0. The molecule has 0 heterocycles. The van der Waals surface area contributed by atoms with Crippen molar-refractivity contribution in [1.29, 1.82) is 0 Å². The van der Waals surface area contributed by atoms with Gasteiger partial charge in [0, 0.05) is 4.47 Å². The van der Waals surface area contributed by atoms with E-state index in [0.29, 0.717) is 0 Å². The van der Waals surface area contributed by atoms with Gasteiger partial charge in [0.2, 0.25) is 0 Å². The van der Waals surface area contributed by atoms with Gasteiger partial charge in [0.05, 0.1) is 11.2 Å². The molecule has 2 aromatic rings. The van der Waals surface area contributed by atoms with Gasteiger partial charge in [-0.1, -0.05) is 40.2 Å². The summed E-state index contributed by atoms with van der Waals surface area (Å²) in [4.78, 5) is 0. The lowest BCUT2D eigenvalue weighted by atomic mass is 10.0. The molecule has 19 heavy (non-hydrogen) atoms. The van der Waals surface area contributed by atoms with Gasteiger partial charge in [-0.2, -0.15) is 0 Å². The van der Waals surface area contributed by atoms with E-state index >= 15 is 0 Å². The standard InChI is InChI=1S/C16H18BrNO/c1-16(2,3)18(19)15-10-6-13(7-11-15)12-4-8-14(17)9-5-12/h4-11,19H,1-3H3. The molecule has 0 unspecified atom stereocenters. The number of rotatable bonds is 2. The molecule has 0 saturated carbocycles. The third-order valence-corrected chi connectivity index (χ3v) is 3.45. The van der Waals surface area contributed by atoms with Gasteiger partial charge in [-0.05, 0) is 56.2 Å². The van der Waals surface area contributed by atoms with Gasteiger partial charge in [0.1, 0.15) is 0 Å². The third-order valence-electron chi connectivity index (χ3n) is 2.92. The summed E-state index contributed by atoms with van der Waals surface area (Å²) in [7, 11) is 0. The van der Waals surface area contributed by atoms with Crippen LogP contribution in [0.5, 0.6) is 0 Å². The number of benzene rings is 2. The molecule has 2 aromatic carbocycles. The fraction of sp³-hybridized carbons (Fsp3) is 0.250. The summed E-state index contributed by atoms with van der Waals surface area (Å²) < 4.78 is 1.07. The average Bonchev–Trinajstić information content (AvgIpc) is 2.38. The fourth-order valence-corrected chi connectivity index (χ4v) is 2.09. The largest absolute Gasteiger partial charge is 0.288 e. The van der Waals surface area contributed by atoms with E-state index in [1.54, 1.807) is 0 Å². The summed E-state index contributed by atoms with van der Waals surface area (Å²) in [5.41, 5.74) is 2.79. The van der Waals surface area contributed by atoms with Crippen LogP contribution in [0.4, 0.5) is 5.69 Å². The van der Waals surface area contributed by atoms with E-state index in [9.17, 15) is 5.21 Å². The van der Waals surface area contributed by atoms with Crippen molar-refractivity contribution in [3.05, 3.63) is 53.0 Å². The second-order valence-electron chi connectivity index (χ2n) is 5.54. The predicted octanol–water partition coefficient (Wildman–Crippen LogP) is 5.11. The number of hydrogen-bond donors (Lipinski definition) is 1. The number of nitrogens with zero attached hydrogens (tertiary/aromatic N) is 1. The van der Waals surface area contributed by atoms with Gasteiger partial charge in [0.15, 0.2) is 0 Å². The van der Waals surface area contributed by atoms with Crippen LogP contribution in [-0.4, -0.2) is 10.7 Å². The Morgan fingerprint density at radius 1 is 0.842 bits per heavy atom. The molecule has 0 amide bonds. The zero-order valence-corrected chi connectivity index (χ0v) is 13.0. The molecule has 0 saturated heterocycles. The quantitative estimate of drug-likeness (QED) is 0.777. The summed E-state index contributed by atoms with van der Waals surface area (Å²) in [6.07, 6.45) is 0. The Hall–Kier alpha value is -1.32. The Balaban J connectivity index is 2.26. The highest BCUT2D eigenvalue weighted by Crippen LogP contribution is 2.26. The van der Waals surface area contributed by atoms with Crippen molar-refractivity contribution in [2.45, 2.75) is 26.3 Å². The van der Waals surface area contributed by atoms with Crippen molar-refractivity contribution in [2.75, 3.05) is 5.06 Å². The molecule has 0 bridgehead atoms. The van der Waals surface area contributed by atoms with Gasteiger partial charge in [-0.15, -0.1) is 0 Å². The highest BCUT2D eigenvalue weighted by molar-refractivity contribution is 9.10. The molecule has 2 rings (SSSR count). The van der Waals surface area contributed by atoms with Crippen LogP contribution in [0, 0.1) is 0 Å². The lowest BCUT2D eigenvalue weighted by molar-refractivity contribution is 0.181. The van der Waals surface area contributed by atoms with Crippen LogP contribution < -0.4 is 5.06 Å². The topological polar surface area (TPSA) is 23.5 Å². The summed E-state index contributed by atoms with van der Waals surface area (Å²) in [6.45, 7) is 5.90. The maximum Gasteiger partial charge on any atom is 0.0640 e. The van der Waals surface area contributed by atoms with Crippen molar-refractivity contribution in [3.63, 3.8) is 0 Å². The molecular formula is C16H18BrNO. The molecule has 0 fully saturated rings. The van der Waals surface area contributed by atoms with Crippen LogP contribution in [-0.2, 0) is 0 Å². The van der Waals surface area contributed by atoms with Crippen molar-refractivity contribution in [1.82, 2.24) is 0 Å². The zero-order chi connectivity index (χ0) is 14.0. The Morgan fingerprint density at radius 3 is 1.68 bits per heavy atom. The van der Waals surface area contributed by atoms with Crippen LogP contribution in [0.2, 0.25) is 0 Å². The van der Waals surface area contributed by atoms with Crippen LogP contribution in [0.15, 0.2) is 53.0 Å². The number of halogens is 1. The fourth-order valence-electron chi connectivity index (χ4n) is 1.82. The van der Waals surface area contributed by atoms with Crippen LogP contribution in [0.3, 0.4) is 0 Å². The first-order valence-electron chi connectivity index (χ1n) is 6.23. The Bertz CT molecular complexity index is 540. The number of hydroxylamine groups is 1. The van der Waals surface area contributed by atoms with Gasteiger partial charge >= 0.3 is 0 Å². The average molecular weight is 320 g/mol. The van der Waals surface area contributed by atoms with E-state index in [1.165, 1.54) is 5.06 Å². The smallest absolute Gasteiger partial charge is 0.0640 e. The molecule has 100 valence electrons. The van der Waals surface area contributed by atoms with E-state index in [2.05, 4.69) is 28.1 Å². The second kappa shape index (κ2) is 5.35. The minimum atomic E-state index is -0.306. The van der Waals surface area contributed by atoms with Gasteiger partial charge in [-0.3, -0.25) is 10.3 Å².